The number of aliphatic carboxylic acids is 2. The standard InChI is InChI=1S/C19H28N4O7/c20-8-2-1-3-14(22-17(27)13(21)10-16(25)26)18(28)23-15(19(29)30)9-11-4-6-12(24)7-5-11/h4-7,13-15,24H,1-3,8-10,20-21H2,(H,22,27)(H,23,28)(H,25,26)(H,29,30). The number of aromatic hydroxyl groups is 1. The normalized spacial score (nSPS) is 13.7. The molecule has 0 aromatic heterocycles. The molecule has 9 N–H and O–H groups in total. The molecule has 0 heterocycles. The van der Waals surface area contributed by atoms with Crippen LogP contribution in [0.4, 0.5) is 0 Å². The van der Waals surface area contributed by atoms with E-state index < -0.39 is 48.3 Å². The van der Waals surface area contributed by atoms with Crippen LogP contribution in [-0.4, -0.2) is 63.7 Å². The zero-order valence-corrected chi connectivity index (χ0v) is 16.4. The van der Waals surface area contributed by atoms with E-state index in [-0.39, 0.29) is 18.6 Å². The number of nitrogens with one attached hydrogen (secondary N) is 2. The number of carbonyl (C=O) groups excluding carboxylic acids is 2. The smallest absolute Gasteiger partial charge is 0.326 e. The van der Waals surface area contributed by atoms with Gasteiger partial charge in [0.15, 0.2) is 0 Å². The number of benzene rings is 1. The van der Waals surface area contributed by atoms with E-state index in [1.165, 1.54) is 24.3 Å². The highest BCUT2D eigenvalue weighted by atomic mass is 16.4. The fourth-order valence-electron chi connectivity index (χ4n) is 2.66. The Balaban J connectivity index is 2.85. The summed E-state index contributed by atoms with van der Waals surface area (Å²) in [6, 6.07) is 2.14. The van der Waals surface area contributed by atoms with Crippen molar-refractivity contribution in [1.29, 1.82) is 0 Å². The van der Waals surface area contributed by atoms with Crippen LogP contribution < -0.4 is 22.1 Å². The molecule has 0 saturated heterocycles. The van der Waals surface area contributed by atoms with E-state index in [1.54, 1.807) is 0 Å². The van der Waals surface area contributed by atoms with E-state index in [0.717, 1.165) is 0 Å². The minimum Gasteiger partial charge on any atom is -0.508 e. The summed E-state index contributed by atoms with van der Waals surface area (Å²) in [5.74, 6) is -4.06. The molecule has 0 aliphatic heterocycles. The van der Waals surface area contributed by atoms with Gasteiger partial charge in [-0.25, -0.2) is 4.79 Å². The molecule has 0 saturated carbocycles. The molecule has 30 heavy (non-hydrogen) atoms. The van der Waals surface area contributed by atoms with Crippen molar-refractivity contribution in [3.8, 4) is 5.75 Å². The maximum atomic E-state index is 12.7. The van der Waals surface area contributed by atoms with Crippen LogP contribution in [0, 0.1) is 0 Å². The van der Waals surface area contributed by atoms with Gasteiger partial charge in [0.2, 0.25) is 11.8 Å². The minimum absolute atomic E-state index is 0.0232. The van der Waals surface area contributed by atoms with Crippen LogP contribution in [0.5, 0.6) is 5.75 Å². The number of carboxylic acids is 2. The molecule has 2 amide bonds. The molecule has 0 aliphatic rings. The third-order valence-electron chi connectivity index (χ3n) is 4.30. The van der Waals surface area contributed by atoms with Gasteiger partial charge in [0.05, 0.1) is 12.5 Å². The Hall–Kier alpha value is -3.18. The molecular weight excluding hydrogens is 396 g/mol. The molecule has 11 nitrogen and oxygen atoms in total. The Morgan fingerprint density at radius 2 is 1.53 bits per heavy atom. The number of nitrogens with two attached hydrogens (primary N) is 2. The van der Waals surface area contributed by atoms with Crippen molar-refractivity contribution >= 4 is 23.8 Å². The maximum absolute atomic E-state index is 12.7. The molecule has 11 heteroatoms. The predicted octanol–water partition coefficient (Wildman–Crippen LogP) is -1.08. The Labute approximate surface area is 173 Å². The maximum Gasteiger partial charge on any atom is 0.326 e. The van der Waals surface area contributed by atoms with E-state index >= 15 is 0 Å². The van der Waals surface area contributed by atoms with Crippen molar-refractivity contribution in [2.75, 3.05) is 6.54 Å². The quantitative estimate of drug-likeness (QED) is 0.192. The molecular formula is C19H28N4O7. The molecule has 166 valence electrons. The van der Waals surface area contributed by atoms with Crippen LogP contribution in [0.15, 0.2) is 24.3 Å². The highest BCUT2D eigenvalue weighted by molar-refractivity contribution is 5.92. The molecule has 0 aliphatic carbocycles. The SMILES string of the molecule is NCCCCC(NC(=O)C(N)CC(=O)O)C(=O)NC(Cc1ccc(O)cc1)C(=O)O. The van der Waals surface area contributed by atoms with Gasteiger partial charge in [-0.2, -0.15) is 0 Å². The van der Waals surface area contributed by atoms with E-state index in [4.69, 9.17) is 16.6 Å². The lowest BCUT2D eigenvalue weighted by Crippen LogP contribution is -2.55. The van der Waals surface area contributed by atoms with Crippen LogP contribution in [0.2, 0.25) is 0 Å². The first kappa shape index (κ1) is 24.9. The second-order valence-corrected chi connectivity index (χ2v) is 6.82. The first-order chi connectivity index (χ1) is 14.1. The molecule has 0 spiro atoms. The molecule has 1 aromatic carbocycles. The summed E-state index contributed by atoms with van der Waals surface area (Å²) in [5, 5.41) is 32.3. The minimum atomic E-state index is -1.35. The zero-order chi connectivity index (χ0) is 22.7. The Bertz CT molecular complexity index is 739. The summed E-state index contributed by atoms with van der Waals surface area (Å²) in [7, 11) is 0. The first-order valence-electron chi connectivity index (χ1n) is 9.43. The van der Waals surface area contributed by atoms with Crippen molar-refractivity contribution in [3.05, 3.63) is 29.8 Å². The van der Waals surface area contributed by atoms with Crippen molar-refractivity contribution in [2.45, 2.75) is 50.2 Å². The predicted molar refractivity (Wildman–Crippen MR) is 106 cm³/mol. The number of amides is 2. The highest BCUT2D eigenvalue weighted by Crippen LogP contribution is 2.12. The lowest BCUT2D eigenvalue weighted by Gasteiger charge is -2.23. The average molecular weight is 424 g/mol. The van der Waals surface area contributed by atoms with Gasteiger partial charge >= 0.3 is 11.9 Å². The lowest BCUT2D eigenvalue weighted by molar-refractivity contribution is -0.142. The summed E-state index contributed by atoms with van der Waals surface area (Å²) < 4.78 is 0. The summed E-state index contributed by atoms with van der Waals surface area (Å²) >= 11 is 0. The molecule has 1 rings (SSSR count). The van der Waals surface area contributed by atoms with Gasteiger partial charge in [-0.15, -0.1) is 0 Å². The van der Waals surface area contributed by atoms with Gasteiger partial charge in [0.25, 0.3) is 0 Å². The van der Waals surface area contributed by atoms with Crippen molar-refractivity contribution in [2.24, 2.45) is 11.5 Å². The van der Waals surface area contributed by atoms with Gasteiger partial charge in [0, 0.05) is 6.42 Å². The van der Waals surface area contributed by atoms with E-state index in [9.17, 15) is 29.4 Å². The summed E-state index contributed by atoms with van der Waals surface area (Å²) in [6.45, 7) is 0.374. The fraction of sp³-hybridized carbons (Fsp3) is 0.474. The van der Waals surface area contributed by atoms with Gasteiger partial charge < -0.3 is 37.4 Å². The van der Waals surface area contributed by atoms with Gasteiger partial charge in [-0.05, 0) is 43.5 Å². The number of unbranched alkanes of at least 4 members (excludes halogenated alkanes) is 1. The monoisotopic (exact) mass is 424 g/mol. The van der Waals surface area contributed by atoms with Crippen LogP contribution >= 0.6 is 0 Å². The Morgan fingerprint density at radius 3 is 2.07 bits per heavy atom. The van der Waals surface area contributed by atoms with Crippen LogP contribution in [-0.2, 0) is 25.6 Å². The van der Waals surface area contributed by atoms with Crippen LogP contribution in [0.3, 0.4) is 0 Å². The number of phenols is 1. The second kappa shape index (κ2) is 12.4. The molecule has 0 fully saturated rings. The average Bonchev–Trinajstić information content (AvgIpc) is 2.67. The third-order valence-corrected chi connectivity index (χ3v) is 4.30. The van der Waals surface area contributed by atoms with Crippen LogP contribution in [0.25, 0.3) is 0 Å². The van der Waals surface area contributed by atoms with Gasteiger partial charge in [0.1, 0.15) is 17.8 Å². The number of carboxylic acid groups (broad SMARTS) is 2. The Morgan fingerprint density at radius 1 is 0.933 bits per heavy atom. The number of hydrogen-bond donors (Lipinski definition) is 7. The molecule has 0 bridgehead atoms. The molecule has 0 radical (unpaired) electrons. The lowest BCUT2D eigenvalue weighted by atomic mass is 10.0. The van der Waals surface area contributed by atoms with Crippen molar-refractivity contribution < 1.29 is 34.5 Å². The second-order valence-electron chi connectivity index (χ2n) is 6.82. The topological polar surface area (TPSA) is 205 Å². The number of rotatable bonds is 13. The highest BCUT2D eigenvalue weighted by Gasteiger charge is 2.28. The van der Waals surface area contributed by atoms with Gasteiger partial charge in [-0.3, -0.25) is 14.4 Å². The summed E-state index contributed by atoms with van der Waals surface area (Å²) in [4.78, 5) is 47.1. The van der Waals surface area contributed by atoms with E-state index in [0.29, 0.717) is 24.9 Å². The van der Waals surface area contributed by atoms with Crippen molar-refractivity contribution in [3.63, 3.8) is 0 Å². The summed E-state index contributed by atoms with van der Waals surface area (Å²) in [5.41, 5.74) is 11.5. The molecule has 3 unspecified atom stereocenters. The summed E-state index contributed by atoms with van der Waals surface area (Å²) in [6.07, 6.45) is 0.598. The Kier molecular flexibility index (Phi) is 10.3. The number of phenolic OH excluding ortho intramolecular Hbond substituents is 1. The van der Waals surface area contributed by atoms with E-state index in [2.05, 4.69) is 10.6 Å². The molecule has 1 aromatic rings. The largest absolute Gasteiger partial charge is 0.508 e. The van der Waals surface area contributed by atoms with E-state index in [1.807, 2.05) is 0 Å². The zero-order valence-electron chi connectivity index (χ0n) is 16.4. The van der Waals surface area contributed by atoms with Gasteiger partial charge in [-0.1, -0.05) is 12.1 Å². The van der Waals surface area contributed by atoms with Crippen LogP contribution in [0.1, 0.15) is 31.2 Å². The molecule has 3 atom stereocenters. The first-order valence-corrected chi connectivity index (χ1v) is 9.43. The number of carbonyl (C=O) groups is 4. The fourth-order valence-corrected chi connectivity index (χ4v) is 2.66. The number of hydrogen-bond acceptors (Lipinski definition) is 7. The third kappa shape index (κ3) is 8.88. The van der Waals surface area contributed by atoms with Crippen molar-refractivity contribution in [1.82, 2.24) is 10.6 Å².